The van der Waals surface area contributed by atoms with Gasteiger partial charge in [-0.2, -0.15) is 0 Å². The van der Waals surface area contributed by atoms with E-state index < -0.39 is 0 Å². The summed E-state index contributed by atoms with van der Waals surface area (Å²) in [5.41, 5.74) is 1.12. The summed E-state index contributed by atoms with van der Waals surface area (Å²) in [6, 6.07) is 0. The van der Waals surface area contributed by atoms with Crippen molar-refractivity contribution in [3.63, 3.8) is 0 Å². The minimum absolute atomic E-state index is 0.148. The van der Waals surface area contributed by atoms with Gasteiger partial charge in [0.25, 0.3) is 0 Å². The smallest absolute Gasteiger partial charge is 0.154 e. The zero-order valence-corrected chi connectivity index (χ0v) is 7.02. The Balaban J connectivity index is 2.48. The predicted molar refractivity (Wildman–Crippen MR) is 45.2 cm³/mol. The Labute approximate surface area is 67.7 Å². The van der Waals surface area contributed by atoms with Crippen molar-refractivity contribution in [1.29, 1.82) is 0 Å². The van der Waals surface area contributed by atoms with Crippen LogP contribution in [0.2, 0.25) is 0 Å². The van der Waals surface area contributed by atoms with E-state index in [0.29, 0.717) is 0 Å². The third kappa shape index (κ3) is 3.21. The van der Waals surface area contributed by atoms with Crippen molar-refractivity contribution in [2.45, 2.75) is 32.6 Å². The maximum atomic E-state index is 10.7. The summed E-state index contributed by atoms with van der Waals surface area (Å²) in [6.07, 6.45) is 6.48. The second kappa shape index (κ2) is 4.16. The van der Waals surface area contributed by atoms with E-state index in [1.165, 1.54) is 19.3 Å². The molecule has 0 radical (unpaired) electrons. The van der Waals surface area contributed by atoms with Crippen molar-refractivity contribution < 1.29 is 4.79 Å². The first-order valence-electron chi connectivity index (χ1n) is 4.24. The standard InChI is InChI=1S/C9H15NO/c1-8(11)7-9-5-3-2-4-6-10-9/h7,10H,2-6H2,1H3/b9-7-. The van der Waals surface area contributed by atoms with Gasteiger partial charge in [0.05, 0.1) is 0 Å². The molecule has 0 bridgehead atoms. The number of carbonyl (C=O) groups excluding carboxylic acids is 1. The Hall–Kier alpha value is -0.790. The van der Waals surface area contributed by atoms with Crippen LogP contribution in [-0.4, -0.2) is 12.3 Å². The molecular weight excluding hydrogens is 138 g/mol. The van der Waals surface area contributed by atoms with Crippen LogP contribution in [0.3, 0.4) is 0 Å². The second-order valence-corrected chi connectivity index (χ2v) is 3.02. The summed E-state index contributed by atoms with van der Waals surface area (Å²) in [4.78, 5) is 10.7. The van der Waals surface area contributed by atoms with Gasteiger partial charge in [-0.15, -0.1) is 0 Å². The van der Waals surface area contributed by atoms with Crippen molar-refractivity contribution in [1.82, 2.24) is 5.32 Å². The lowest BCUT2D eigenvalue weighted by Gasteiger charge is -2.03. The van der Waals surface area contributed by atoms with Crippen molar-refractivity contribution in [2.24, 2.45) is 0 Å². The van der Waals surface area contributed by atoms with Gasteiger partial charge in [0.15, 0.2) is 5.78 Å². The zero-order valence-electron chi connectivity index (χ0n) is 7.02. The van der Waals surface area contributed by atoms with Gasteiger partial charge >= 0.3 is 0 Å². The summed E-state index contributed by atoms with van der Waals surface area (Å²) in [6.45, 7) is 2.62. The fourth-order valence-electron chi connectivity index (χ4n) is 1.32. The van der Waals surface area contributed by atoms with Crippen molar-refractivity contribution in [3.05, 3.63) is 11.8 Å². The van der Waals surface area contributed by atoms with E-state index in [0.717, 1.165) is 18.7 Å². The molecule has 1 saturated heterocycles. The fraction of sp³-hybridized carbons (Fsp3) is 0.667. The Morgan fingerprint density at radius 3 is 3.00 bits per heavy atom. The van der Waals surface area contributed by atoms with Crippen LogP contribution in [0, 0.1) is 0 Å². The molecule has 0 aromatic rings. The third-order valence-electron chi connectivity index (χ3n) is 1.85. The summed E-state index contributed by atoms with van der Waals surface area (Å²) < 4.78 is 0. The van der Waals surface area contributed by atoms with Crippen LogP contribution in [0.25, 0.3) is 0 Å². The molecule has 0 unspecified atom stereocenters. The molecule has 1 aliphatic heterocycles. The number of nitrogens with one attached hydrogen (secondary N) is 1. The maximum absolute atomic E-state index is 10.7. The summed E-state index contributed by atoms with van der Waals surface area (Å²) in [5.74, 6) is 0.148. The fourth-order valence-corrected chi connectivity index (χ4v) is 1.32. The van der Waals surface area contributed by atoms with E-state index in [1.54, 1.807) is 13.0 Å². The summed E-state index contributed by atoms with van der Waals surface area (Å²) >= 11 is 0. The molecule has 11 heavy (non-hydrogen) atoms. The van der Waals surface area contributed by atoms with Gasteiger partial charge in [0.1, 0.15) is 0 Å². The molecule has 0 saturated carbocycles. The highest BCUT2D eigenvalue weighted by Crippen LogP contribution is 2.10. The van der Waals surface area contributed by atoms with Crippen molar-refractivity contribution >= 4 is 5.78 Å². The van der Waals surface area contributed by atoms with E-state index in [2.05, 4.69) is 5.32 Å². The molecule has 0 aromatic heterocycles. The molecule has 2 heteroatoms. The molecule has 0 aromatic carbocycles. The Kier molecular flexibility index (Phi) is 3.14. The maximum Gasteiger partial charge on any atom is 0.154 e. The largest absolute Gasteiger partial charge is 0.388 e. The Bertz CT molecular complexity index is 162. The van der Waals surface area contributed by atoms with Gasteiger partial charge in [-0.05, 0) is 32.3 Å². The van der Waals surface area contributed by atoms with Gasteiger partial charge in [0, 0.05) is 12.2 Å². The number of carbonyl (C=O) groups is 1. The molecule has 1 aliphatic rings. The zero-order chi connectivity index (χ0) is 8.10. The van der Waals surface area contributed by atoms with E-state index >= 15 is 0 Å². The van der Waals surface area contributed by atoms with Gasteiger partial charge in [0.2, 0.25) is 0 Å². The van der Waals surface area contributed by atoms with Gasteiger partial charge in [-0.25, -0.2) is 0 Å². The first-order valence-corrected chi connectivity index (χ1v) is 4.24. The van der Waals surface area contributed by atoms with Gasteiger partial charge in [-0.1, -0.05) is 6.42 Å². The predicted octanol–water partition coefficient (Wildman–Crippen LogP) is 1.62. The molecule has 1 fully saturated rings. The SMILES string of the molecule is CC(=O)/C=C1/CCCCCN1. The number of rotatable bonds is 1. The van der Waals surface area contributed by atoms with Crippen LogP contribution in [-0.2, 0) is 4.79 Å². The topological polar surface area (TPSA) is 29.1 Å². The van der Waals surface area contributed by atoms with Crippen molar-refractivity contribution in [2.75, 3.05) is 6.54 Å². The minimum atomic E-state index is 0.148. The highest BCUT2D eigenvalue weighted by Gasteiger charge is 2.02. The average Bonchev–Trinajstić information content (AvgIpc) is 2.14. The van der Waals surface area contributed by atoms with Crippen LogP contribution >= 0.6 is 0 Å². The highest BCUT2D eigenvalue weighted by molar-refractivity contribution is 5.87. The molecule has 1 heterocycles. The Morgan fingerprint density at radius 2 is 2.27 bits per heavy atom. The van der Waals surface area contributed by atoms with Crippen LogP contribution in [0.1, 0.15) is 32.6 Å². The molecule has 62 valence electrons. The Morgan fingerprint density at radius 1 is 1.45 bits per heavy atom. The lowest BCUT2D eigenvalue weighted by molar-refractivity contribution is -0.112. The molecule has 0 spiro atoms. The lowest BCUT2D eigenvalue weighted by atomic mass is 10.2. The van der Waals surface area contributed by atoms with E-state index in [9.17, 15) is 4.79 Å². The third-order valence-corrected chi connectivity index (χ3v) is 1.85. The van der Waals surface area contributed by atoms with Gasteiger partial charge < -0.3 is 5.32 Å². The quantitative estimate of drug-likeness (QED) is 0.580. The second-order valence-electron chi connectivity index (χ2n) is 3.02. The van der Waals surface area contributed by atoms with Gasteiger partial charge in [-0.3, -0.25) is 4.79 Å². The van der Waals surface area contributed by atoms with Crippen molar-refractivity contribution in [3.8, 4) is 0 Å². The number of hydrogen-bond acceptors (Lipinski definition) is 2. The number of hydrogen-bond donors (Lipinski definition) is 1. The molecule has 1 N–H and O–H groups in total. The van der Waals surface area contributed by atoms with Crippen LogP contribution in [0.4, 0.5) is 0 Å². The number of allylic oxidation sites excluding steroid dienone is 2. The molecule has 0 aliphatic carbocycles. The normalized spacial score (nSPS) is 22.5. The summed E-state index contributed by atoms with van der Waals surface area (Å²) in [7, 11) is 0. The van der Waals surface area contributed by atoms with Crippen LogP contribution in [0.15, 0.2) is 11.8 Å². The summed E-state index contributed by atoms with van der Waals surface area (Å²) in [5, 5.41) is 3.25. The monoisotopic (exact) mass is 153 g/mol. The molecular formula is C9H15NO. The highest BCUT2D eigenvalue weighted by atomic mass is 16.1. The first kappa shape index (κ1) is 8.31. The minimum Gasteiger partial charge on any atom is -0.388 e. The molecule has 0 atom stereocenters. The molecule has 1 rings (SSSR count). The van der Waals surface area contributed by atoms with Crippen LogP contribution < -0.4 is 5.32 Å². The average molecular weight is 153 g/mol. The first-order chi connectivity index (χ1) is 5.29. The van der Waals surface area contributed by atoms with E-state index in [1.807, 2.05) is 0 Å². The lowest BCUT2D eigenvalue weighted by Crippen LogP contribution is -2.12. The molecule has 2 nitrogen and oxygen atoms in total. The molecule has 0 amide bonds. The number of ketones is 1. The van der Waals surface area contributed by atoms with E-state index in [4.69, 9.17) is 0 Å². The van der Waals surface area contributed by atoms with E-state index in [-0.39, 0.29) is 5.78 Å². The van der Waals surface area contributed by atoms with Crippen LogP contribution in [0.5, 0.6) is 0 Å².